The molecule has 216 valence electrons. The highest BCUT2D eigenvalue weighted by Gasteiger charge is 2.47. The molecule has 0 aliphatic heterocycles. The topological polar surface area (TPSA) is 3.24 Å². The van der Waals surface area contributed by atoms with Gasteiger partial charge in [0, 0.05) is 16.6 Å². The fourth-order valence-electron chi connectivity index (χ4n) is 7.79. The third-order valence-electron chi connectivity index (χ3n) is 9.70. The number of anilines is 3. The summed E-state index contributed by atoms with van der Waals surface area (Å²) in [6.45, 7) is 0. The summed E-state index contributed by atoms with van der Waals surface area (Å²) in [4.78, 5) is 2.48. The van der Waals surface area contributed by atoms with Crippen LogP contribution in [0.2, 0.25) is 0 Å². The van der Waals surface area contributed by atoms with Crippen molar-refractivity contribution in [3.05, 3.63) is 210 Å². The van der Waals surface area contributed by atoms with Crippen molar-refractivity contribution in [3.8, 4) is 11.1 Å². The Labute approximate surface area is 269 Å². The maximum Gasteiger partial charge on any atom is 0.0714 e. The van der Waals surface area contributed by atoms with Gasteiger partial charge in [0.25, 0.3) is 0 Å². The van der Waals surface area contributed by atoms with Gasteiger partial charge in [0.05, 0.1) is 16.8 Å². The number of hydrogen-bond acceptors (Lipinski definition) is 1. The van der Waals surface area contributed by atoms with Gasteiger partial charge in [-0.1, -0.05) is 164 Å². The van der Waals surface area contributed by atoms with E-state index in [0.717, 1.165) is 11.4 Å². The number of nitrogens with zero attached hydrogens (tertiary/aromatic N) is 1. The van der Waals surface area contributed by atoms with E-state index in [-0.39, 0.29) is 0 Å². The lowest BCUT2D eigenvalue weighted by molar-refractivity contribution is 0.768. The molecule has 1 heteroatoms. The van der Waals surface area contributed by atoms with E-state index in [4.69, 9.17) is 0 Å². The zero-order valence-electron chi connectivity index (χ0n) is 25.3. The molecule has 0 atom stereocenters. The molecule has 9 rings (SSSR count). The molecule has 8 aromatic carbocycles. The summed E-state index contributed by atoms with van der Waals surface area (Å²) in [5, 5.41) is 4.90. The van der Waals surface area contributed by atoms with Gasteiger partial charge >= 0.3 is 0 Å². The zero-order valence-corrected chi connectivity index (χ0v) is 25.3. The van der Waals surface area contributed by atoms with Gasteiger partial charge in [0.1, 0.15) is 0 Å². The van der Waals surface area contributed by atoms with Crippen LogP contribution in [0.1, 0.15) is 22.3 Å². The van der Waals surface area contributed by atoms with Gasteiger partial charge < -0.3 is 4.90 Å². The fraction of sp³-hybridized carbons (Fsp3) is 0.0222. The molecule has 1 aliphatic carbocycles. The first-order chi connectivity index (χ1) is 22.8. The van der Waals surface area contributed by atoms with Crippen molar-refractivity contribution in [1.82, 2.24) is 0 Å². The van der Waals surface area contributed by atoms with E-state index in [1.165, 1.54) is 60.6 Å². The predicted molar refractivity (Wildman–Crippen MR) is 193 cm³/mol. The highest BCUT2D eigenvalue weighted by atomic mass is 15.1. The fourth-order valence-corrected chi connectivity index (χ4v) is 7.79. The van der Waals surface area contributed by atoms with E-state index in [1.54, 1.807) is 0 Å². The Morgan fingerprint density at radius 3 is 1.72 bits per heavy atom. The first-order valence-corrected chi connectivity index (χ1v) is 16.0. The standard InChI is InChI=1S/C45H31N/c1-3-19-35(20-4-1)45(36-21-5-2-6-22-36)40-25-12-11-24-39(40)44-41(45)26-14-28-43(44)46(37-30-29-32-15-7-8-17-34(32)31-37)42-27-13-18-33-16-9-10-23-38(33)42/h1-31H. The minimum absolute atomic E-state index is 0.460. The number of hydrogen-bond donors (Lipinski definition) is 0. The van der Waals surface area contributed by atoms with Crippen molar-refractivity contribution in [1.29, 1.82) is 0 Å². The first-order valence-electron chi connectivity index (χ1n) is 16.0. The minimum Gasteiger partial charge on any atom is -0.309 e. The average molecular weight is 586 g/mol. The maximum atomic E-state index is 2.48. The first kappa shape index (κ1) is 26.5. The monoisotopic (exact) mass is 585 g/mol. The Morgan fingerprint density at radius 1 is 0.370 bits per heavy atom. The van der Waals surface area contributed by atoms with E-state index in [1.807, 2.05) is 0 Å². The smallest absolute Gasteiger partial charge is 0.0714 e. The van der Waals surface area contributed by atoms with Crippen LogP contribution in [0.25, 0.3) is 32.7 Å². The summed E-state index contributed by atoms with van der Waals surface area (Å²) in [6.07, 6.45) is 0. The molecule has 8 aromatic rings. The van der Waals surface area contributed by atoms with Crippen LogP contribution in [0, 0.1) is 0 Å². The number of rotatable bonds is 5. The molecule has 0 bridgehead atoms. The molecule has 0 N–H and O–H groups in total. The SMILES string of the molecule is c1ccc(C2(c3ccccc3)c3ccccc3-c3c(N(c4ccc5ccccc5c4)c4cccc5ccccc45)cccc32)cc1. The predicted octanol–water partition coefficient (Wildman–Crippen LogP) is 11.8. The summed E-state index contributed by atoms with van der Waals surface area (Å²) in [5.74, 6) is 0. The molecular weight excluding hydrogens is 555 g/mol. The van der Waals surface area contributed by atoms with Crippen molar-refractivity contribution in [2.75, 3.05) is 4.90 Å². The van der Waals surface area contributed by atoms with Crippen molar-refractivity contribution < 1.29 is 0 Å². The second kappa shape index (κ2) is 10.6. The molecule has 0 saturated heterocycles. The summed E-state index contributed by atoms with van der Waals surface area (Å²) in [7, 11) is 0. The normalized spacial score (nSPS) is 13.0. The Morgan fingerprint density at radius 2 is 0.935 bits per heavy atom. The second-order valence-corrected chi connectivity index (χ2v) is 12.1. The van der Waals surface area contributed by atoms with Crippen LogP contribution >= 0.6 is 0 Å². The lowest BCUT2D eigenvalue weighted by Crippen LogP contribution is -2.28. The van der Waals surface area contributed by atoms with Crippen LogP contribution in [0.5, 0.6) is 0 Å². The van der Waals surface area contributed by atoms with Crippen LogP contribution in [0.3, 0.4) is 0 Å². The summed E-state index contributed by atoms with van der Waals surface area (Å²) < 4.78 is 0. The molecule has 0 saturated carbocycles. The Hall–Kier alpha value is -5.92. The Kier molecular flexibility index (Phi) is 6.11. The molecule has 0 amide bonds. The molecule has 0 spiro atoms. The van der Waals surface area contributed by atoms with E-state index >= 15 is 0 Å². The van der Waals surface area contributed by atoms with Crippen LogP contribution in [-0.2, 0) is 5.41 Å². The molecule has 1 nitrogen and oxygen atoms in total. The van der Waals surface area contributed by atoms with Crippen molar-refractivity contribution in [2.45, 2.75) is 5.41 Å². The molecule has 1 aliphatic rings. The van der Waals surface area contributed by atoms with Crippen LogP contribution in [0.15, 0.2) is 188 Å². The van der Waals surface area contributed by atoms with Gasteiger partial charge in [-0.2, -0.15) is 0 Å². The molecule has 0 radical (unpaired) electrons. The Balaban J connectivity index is 1.41. The zero-order chi connectivity index (χ0) is 30.5. The van der Waals surface area contributed by atoms with E-state index in [9.17, 15) is 0 Å². The van der Waals surface area contributed by atoms with E-state index in [2.05, 4.69) is 193 Å². The van der Waals surface area contributed by atoms with Crippen molar-refractivity contribution >= 4 is 38.6 Å². The largest absolute Gasteiger partial charge is 0.309 e. The minimum atomic E-state index is -0.460. The second-order valence-electron chi connectivity index (χ2n) is 12.1. The van der Waals surface area contributed by atoms with Gasteiger partial charge in [-0.15, -0.1) is 0 Å². The highest BCUT2D eigenvalue weighted by molar-refractivity contribution is 6.04. The van der Waals surface area contributed by atoms with Crippen molar-refractivity contribution in [3.63, 3.8) is 0 Å². The maximum absolute atomic E-state index is 2.48. The van der Waals surface area contributed by atoms with Crippen LogP contribution in [-0.4, -0.2) is 0 Å². The quantitative estimate of drug-likeness (QED) is 0.194. The molecule has 46 heavy (non-hydrogen) atoms. The van der Waals surface area contributed by atoms with Gasteiger partial charge in [0.2, 0.25) is 0 Å². The van der Waals surface area contributed by atoms with Crippen LogP contribution in [0.4, 0.5) is 17.1 Å². The highest BCUT2D eigenvalue weighted by Crippen LogP contribution is 2.59. The Bertz CT molecular complexity index is 2330. The number of fused-ring (bicyclic) bond motifs is 5. The van der Waals surface area contributed by atoms with Gasteiger partial charge in [-0.05, 0) is 68.2 Å². The third kappa shape index (κ3) is 3.89. The summed E-state index contributed by atoms with van der Waals surface area (Å²) in [5.41, 5.74) is 10.7. The van der Waals surface area contributed by atoms with Crippen LogP contribution < -0.4 is 4.90 Å². The lowest BCUT2D eigenvalue weighted by Gasteiger charge is -2.34. The van der Waals surface area contributed by atoms with Gasteiger partial charge in [0.15, 0.2) is 0 Å². The molecule has 0 fully saturated rings. The third-order valence-corrected chi connectivity index (χ3v) is 9.70. The van der Waals surface area contributed by atoms with Crippen molar-refractivity contribution in [2.24, 2.45) is 0 Å². The molecule has 0 unspecified atom stereocenters. The number of benzene rings is 8. The molecule has 0 aromatic heterocycles. The lowest BCUT2D eigenvalue weighted by atomic mass is 9.68. The van der Waals surface area contributed by atoms with E-state index in [0.29, 0.717) is 0 Å². The molecular formula is C45H31N. The van der Waals surface area contributed by atoms with Gasteiger partial charge in [-0.25, -0.2) is 0 Å². The summed E-state index contributed by atoms with van der Waals surface area (Å²) in [6, 6.07) is 68.8. The summed E-state index contributed by atoms with van der Waals surface area (Å²) >= 11 is 0. The van der Waals surface area contributed by atoms with E-state index < -0.39 is 5.41 Å². The molecule has 0 heterocycles. The van der Waals surface area contributed by atoms with Gasteiger partial charge in [-0.3, -0.25) is 0 Å². The average Bonchev–Trinajstić information content (AvgIpc) is 3.44.